The van der Waals surface area contributed by atoms with Crippen LogP contribution in [0, 0.1) is 34.6 Å². The quantitative estimate of drug-likeness (QED) is 0.540. The van der Waals surface area contributed by atoms with Gasteiger partial charge in [0, 0.05) is 0 Å². The van der Waals surface area contributed by atoms with Crippen LogP contribution in [0.3, 0.4) is 0 Å². The van der Waals surface area contributed by atoms with E-state index in [0.29, 0.717) is 11.4 Å². The number of amides is 1. The van der Waals surface area contributed by atoms with Gasteiger partial charge in [-0.05, 0) is 93.6 Å². The number of fused-ring (bicyclic) bond motifs is 1. The summed E-state index contributed by atoms with van der Waals surface area (Å²) in [5.41, 5.74) is 6.78. The van der Waals surface area contributed by atoms with Crippen molar-refractivity contribution in [2.75, 3.05) is 10.8 Å². The number of carbonyl (C=O) groups excluding carboxylic acids is 1. The molecule has 0 spiro atoms. The van der Waals surface area contributed by atoms with Gasteiger partial charge in [0.2, 0.25) is 0 Å². The lowest BCUT2D eigenvalue weighted by molar-refractivity contribution is -0.128. The van der Waals surface area contributed by atoms with Crippen molar-refractivity contribution in [3.8, 4) is 5.75 Å². The molecule has 3 aromatic carbocycles. The zero-order valence-electron chi connectivity index (χ0n) is 21.0. The molecule has 0 aliphatic carbocycles. The average molecular weight is 493 g/mol. The molecule has 0 radical (unpaired) electrons. The molecular formula is C28H32N2O4S. The number of hydrogen-bond acceptors (Lipinski definition) is 4. The van der Waals surface area contributed by atoms with Gasteiger partial charge in [0.05, 0.1) is 23.2 Å². The van der Waals surface area contributed by atoms with Crippen LogP contribution in [0.15, 0.2) is 59.5 Å². The van der Waals surface area contributed by atoms with Crippen LogP contribution in [0.1, 0.15) is 46.3 Å². The van der Waals surface area contributed by atoms with Crippen LogP contribution < -0.4 is 14.4 Å². The fourth-order valence-electron chi connectivity index (χ4n) is 4.40. The summed E-state index contributed by atoms with van der Waals surface area (Å²) in [6.07, 6.45) is -0.987. The van der Waals surface area contributed by atoms with Gasteiger partial charge in [-0.1, -0.05) is 35.9 Å². The SMILES string of the molecule is Cc1ccc(S(=O)(=O)N2C[C@@H](C(=O)N[C@H](C)c3cc(C)c(C)cc3C)Oc3cc(C)ccc32)cc1. The second kappa shape index (κ2) is 9.38. The van der Waals surface area contributed by atoms with Gasteiger partial charge < -0.3 is 10.1 Å². The first-order chi connectivity index (χ1) is 16.5. The Bertz CT molecular complexity index is 1380. The Balaban J connectivity index is 1.65. The van der Waals surface area contributed by atoms with Crippen LogP contribution in [-0.4, -0.2) is 27.0 Å². The van der Waals surface area contributed by atoms with Crippen molar-refractivity contribution in [1.82, 2.24) is 5.32 Å². The second-order valence-corrected chi connectivity index (χ2v) is 11.3. The normalized spacial score (nSPS) is 16.3. The predicted molar refractivity (Wildman–Crippen MR) is 139 cm³/mol. The molecule has 6 nitrogen and oxygen atoms in total. The number of aryl methyl sites for hydroxylation is 5. The molecule has 35 heavy (non-hydrogen) atoms. The lowest BCUT2D eigenvalue weighted by Gasteiger charge is -2.35. The van der Waals surface area contributed by atoms with Crippen LogP contribution in [0.4, 0.5) is 5.69 Å². The molecule has 0 bridgehead atoms. The number of nitrogens with one attached hydrogen (secondary N) is 1. The highest BCUT2D eigenvalue weighted by atomic mass is 32.2. The van der Waals surface area contributed by atoms with Crippen molar-refractivity contribution in [2.24, 2.45) is 0 Å². The number of anilines is 1. The Morgan fingerprint density at radius 2 is 1.54 bits per heavy atom. The van der Waals surface area contributed by atoms with E-state index in [4.69, 9.17) is 4.74 Å². The third-order valence-corrected chi connectivity index (χ3v) is 8.39. The van der Waals surface area contributed by atoms with E-state index < -0.39 is 16.1 Å². The molecule has 0 aromatic heterocycles. The van der Waals surface area contributed by atoms with Crippen LogP contribution in [-0.2, 0) is 14.8 Å². The maximum atomic E-state index is 13.6. The molecule has 1 aliphatic rings. The minimum absolute atomic E-state index is 0.114. The molecular weight excluding hydrogens is 460 g/mol. The zero-order valence-corrected chi connectivity index (χ0v) is 21.9. The van der Waals surface area contributed by atoms with E-state index in [1.165, 1.54) is 9.87 Å². The smallest absolute Gasteiger partial charge is 0.264 e. The summed E-state index contributed by atoms with van der Waals surface area (Å²) in [6, 6.07) is 16.0. The number of ether oxygens (including phenoxy) is 1. The molecule has 3 aromatic rings. The first-order valence-electron chi connectivity index (χ1n) is 11.7. The molecule has 0 unspecified atom stereocenters. The first kappa shape index (κ1) is 24.8. The summed E-state index contributed by atoms with van der Waals surface area (Å²) < 4.78 is 34.6. The maximum Gasteiger partial charge on any atom is 0.264 e. The largest absolute Gasteiger partial charge is 0.476 e. The van der Waals surface area contributed by atoms with Crippen molar-refractivity contribution in [1.29, 1.82) is 0 Å². The first-order valence-corrected chi connectivity index (χ1v) is 13.2. The Labute approximate surface area is 208 Å². The fraction of sp³-hybridized carbons (Fsp3) is 0.321. The van der Waals surface area contributed by atoms with Crippen LogP contribution >= 0.6 is 0 Å². The van der Waals surface area contributed by atoms with Crippen LogP contribution in [0.5, 0.6) is 5.75 Å². The summed E-state index contributed by atoms with van der Waals surface area (Å²) >= 11 is 0. The highest BCUT2D eigenvalue weighted by Crippen LogP contribution is 2.38. The van der Waals surface area contributed by atoms with E-state index in [1.54, 1.807) is 36.4 Å². The molecule has 0 fully saturated rings. The molecule has 0 saturated carbocycles. The predicted octanol–water partition coefficient (Wildman–Crippen LogP) is 5.06. The molecule has 2 atom stereocenters. The molecule has 184 valence electrons. The van der Waals surface area contributed by atoms with Crippen molar-refractivity contribution >= 4 is 21.6 Å². The number of sulfonamides is 1. The Kier molecular flexibility index (Phi) is 6.64. The zero-order chi connectivity index (χ0) is 25.5. The van der Waals surface area contributed by atoms with Gasteiger partial charge >= 0.3 is 0 Å². The number of carbonyl (C=O) groups is 1. The topological polar surface area (TPSA) is 75.7 Å². The lowest BCUT2D eigenvalue weighted by atomic mass is 9.96. The second-order valence-electron chi connectivity index (χ2n) is 9.45. The molecule has 1 heterocycles. The molecule has 1 amide bonds. The monoisotopic (exact) mass is 492 g/mol. The Morgan fingerprint density at radius 3 is 2.23 bits per heavy atom. The van der Waals surface area contributed by atoms with Gasteiger partial charge in [-0.15, -0.1) is 0 Å². The number of hydrogen-bond donors (Lipinski definition) is 1. The molecule has 1 N–H and O–H groups in total. The summed E-state index contributed by atoms with van der Waals surface area (Å²) in [5.74, 6) is 0.0218. The number of nitrogens with zero attached hydrogens (tertiary/aromatic N) is 1. The Morgan fingerprint density at radius 1 is 0.914 bits per heavy atom. The molecule has 4 rings (SSSR count). The van der Waals surface area contributed by atoms with Crippen molar-refractivity contribution in [3.05, 3.63) is 88.0 Å². The van der Waals surface area contributed by atoms with E-state index >= 15 is 0 Å². The Hall–Kier alpha value is -3.32. The third kappa shape index (κ3) is 4.91. The van der Waals surface area contributed by atoms with Crippen molar-refractivity contribution in [2.45, 2.75) is 58.6 Å². The average Bonchev–Trinajstić information content (AvgIpc) is 2.80. The van der Waals surface area contributed by atoms with Gasteiger partial charge in [0.25, 0.3) is 15.9 Å². The van der Waals surface area contributed by atoms with Gasteiger partial charge in [0.15, 0.2) is 6.10 Å². The van der Waals surface area contributed by atoms with Gasteiger partial charge in [-0.3, -0.25) is 9.10 Å². The maximum absolute atomic E-state index is 13.6. The summed E-state index contributed by atoms with van der Waals surface area (Å²) in [5, 5.41) is 3.03. The van der Waals surface area contributed by atoms with Crippen LogP contribution in [0.25, 0.3) is 0 Å². The summed E-state index contributed by atoms with van der Waals surface area (Å²) in [6.45, 7) is 11.8. The summed E-state index contributed by atoms with van der Waals surface area (Å²) in [7, 11) is -3.90. The summed E-state index contributed by atoms with van der Waals surface area (Å²) in [4.78, 5) is 13.5. The number of benzene rings is 3. The van der Waals surface area contributed by atoms with Gasteiger partial charge in [0.1, 0.15) is 5.75 Å². The van der Waals surface area contributed by atoms with Crippen LogP contribution in [0.2, 0.25) is 0 Å². The van der Waals surface area contributed by atoms with Crippen molar-refractivity contribution in [3.63, 3.8) is 0 Å². The fourth-order valence-corrected chi connectivity index (χ4v) is 5.87. The third-order valence-electron chi connectivity index (χ3n) is 6.59. The minimum Gasteiger partial charge on any atom is -0.476 e. The highest BCUT2D eigenvalue weighted by molar-refractivity contribution is 7.92. The van der Waals surface area contributed by atoms with Gasteiger partial charge in [-0.25, -0.2) is 8.42 Å². The molecule has 7 heteroatoms. The van der Waals surface area contributed by atoms with Gasteiger partial charge in [-0.2, -0.15) is 0 Å². The minimum atomic E-state index is -3.90. The molecule has 1 aliphatic heterocycles. The molecule has 0 saturated heterocycles. The van der Waals surface area contributed by atoms with Crippen molar-refractivity contribution < 1.29 is 17.9 Å². The van der Waals surface area contributed by atoms with E-state index in [9.17, 15) is 13.2 Å². The highest BCUT2D eigenvalue weighted by Gasteiger charge is 2.38. The van der Waals surface area contributed by atoms with E-state index in [0.717, 1.165) is 27.8 Å². The number of rotatable bonds is 5. The van der Waals surface area contributed by atoms with E-state index in [2.05, 4.69) is 24.4 Å². The standard InChI is InChI=1S/C28H32N2O4S/c1-17-7-10-23(11-8-17)35(32,33)30-16-27(34-26-13-18(2)9-12-25(26)30)28(31)29-22(6)24-15-20(4)19(3)14-21(24)5/h7-15,22,27H,16H2,1-6H3,(H,29,31)/t22-,27+/m1/s1. The van der Waals surface area contributed by atoms with E-state index in [1.807, 2.05) is 40.7 Å². The lowest BCUT2D eigenvalue weighted by Crippen LogP contribution is -2.51. The van der Waals surface area contributed by atoms with E-state index in [-0.39, 0.29) is 23.4 Å².